The first-order valence-electron chi connectivity index (χ1n) is 7.19. The van der Waals surface area contributed by atoms with Crippen LogP contribution < -0.4 is 5.56 Å². The summed E-state index contributed by atoms with van der Waals surface area (Å²) in [5.74, 6) is 0.449. The Morgan fingerprint density at radius 3 is 2.59 bits per heavy atom. The third-order valence-corrected chi connectivity index (χ3v) is 5.01. The monoisotopic (exact) mass is 311 g/mol. The zero-order valence-corrected chi connectivity index (χ0v) is 13.2. The van der Waals surface area contributed by atoms with Gasteiger partial charge >= 0.3 is 0 Å². The Morgan fingerprint density at radius 2 is 1.82 bits per heavy atom. The molecule has 0 spiro atoms. The summed E-state index contributed by atoms with van der Waals surface area (Å²) in [6.45, 7) is 1.99. The van der Waals surface area contributed by atoms with Crippen LogP contribution in [0.5, 0.6) is 0 Å². The van der Waals surface area contributed by atoms with Crippen molar-refractivity contribution in [3.63, 3.8) is 0 Å². The van der Waals surface area contributed by atoms with E-state index in [0.717, 1.165) is 21.4 Å². The third-order valence-electron chi connectivity index (χ3n) is 3.64. The maximum Gasteiger partial charge on any atom is 0.251 e. The van der Waals surface area contributed by atoms with E-state index in [-0.39, 0.29) is 5.56 Å². The minimum absolute atomic E-state index is 0.0943. The maximum atomic E-state index is 12.2. The Bertz CT molecular complexity index is 884. The van der Waals surface area contributed by atoms with Gasteiger partial charge in [0.2, 0.25) is 0 Å². The molecule has 0 saturated heterocycles. The molecule has 0 bridgehead atoms. The van der Waals surface area contributed by atoms with Crippen LogP contribution in [0.15, 0.2) is 64.3 Å². The summed E-state index contributed by atoms with van der Waals surface area (Å²) in [4.78, 5) is 15.8. The van der Waals surface area contributed by atoms with Gasteiger partial charge in [0.25, 0.3) is 5.56 Å². The van der Waals surface area contributed by atoms with Crippen LogP contribution in [0.25, 0.3) is 10.9 Å². The number of rotatable bonds is 4. The Labute approximate surface area is 131 Å². The van der Waals surface area contributed by atoms with Gasteiger partial charge in [0.05, 0.1) is 10.8 Å². The van der Waals surface area contributed by atoms with Gasteiger partial charge in [-0.3, -0.25) is 9.00 Å². The number of pyridine rings is 1. The molecule has 1 N–H and O–H groups in total. The van der Waals surface area contributed by atoms with E-state index in [0.29, 0.717) is 17.7 Å². The fourth-order valence-electron chi connectivity index (χ4n) is 2.44. The summed E-state index contributed by atoms with van der Waals surface area (Å²) in [5, 5.41) is 1.01. The summed E-state index contributed by atoms with van der Waals surface area (Å²) in [7, 11) is -1.08. The van der Waals surface area contributed by atoms with Gasteiger partial charge < -0.3 is 4.98 Å². The SMILES string of the molecule is Cc1ccc2cc(CCS(=O)c3ccccc3)c(=O)[nH]c2c1. The number of aromatic amines is 1. The van der Waals surface area contributed by atoms with Gasteiger partial charge in [-0.15, -0.1) is 0 Å². The summed E-state index contributed by atoms with van der Waals surface area (Å²) < 4.78 is 12.2. The fraction of sp³-hybridized carbons (Fsp3) is 0.167. The number of aryl methyl sites for hydroxylation is 2. The highest BCUT2D eigenvalue weighted by molar-refractivity contribution is 7.85. The average Bonchev–Trinajstić information content (AvgIpc) is 2.53. The average molecular weight is 311 g/mol. The van der Waals surface area contributed by atoms with Crippen LogP contribution in [-0.4, -0.2) is 14.9 Å². The zero-order chi connectivity index (χ0) is 15.5. The number of aromatic nitrogens is 1. The minimum Gasteiger partial charge on any atom is -0.322 e. The normalized spacial score (nSPS) is 12.4. The molecule has 1 atom stereocenters. The molecular formula is C18H17NO2S. The summed E-state index contributed by atoms with van der Waals surface area (Å²) in [5.41, 5.74) is 2.54. The highest BCUT2D eigenvalue weighted by Gasteiger charge is 2.07. The first-order valence-corrected chi connectivity index (χ1v) is 8.51. The van der Waals surface area contributed by atoms with Crippen molar-refractivity contribution in [2.45, 2.75) is 18.2 Å². The lowest BCUT2D eigenvalue weighted by atomic mass is 10.1. The van der Waals surface area contributed by atoms with Crippen LogP contribution >= 0.6 is 0 Å². The third kappa shape index (κ3) is 3.17. The summed E-state index contributed by atoms with van der Waals surface area (Å²) in [6.07, 6.45) is 0.501. The van der Waals surface area contributed by atoms with Crippen molar-refractivity contribution < 1.29 is 4.21 Å². The minimum atomic E-state index is -1.08. The van der Waals surface area contributed by atoms with Crippen molar-refractivity contribution >= 4 is 21.7 Å². The van der Waals surface area contributed by atoms with Gasteiger partial charge in [-0.1, -0.05) is 30.3 Å². The predicted molar refractivity (Wildman–Crippen MR) is 90.7 cm³/mol. The molecular weight excluding hydrogens is 294 g/mol. The molecule has 0 radical (unpaired) electrons. The number of hydrogen-bond acceptors (Lipinski definition) is 2. The van der Waals surface area contributed by atoms with Crippen molar-refractivity contribution in [2.75, 3.05) is 5.75 Å². The molecule has 1 aromatic heterocycles. The molecule has 0 saturated carbocycles. The number of nitrogens with one attached hydrogen (secondary N) is 1. The highest BCUT2D eigenvalue weighted by atomic mass is 32.2. The van der Waals surface area contributed by atoms with E-state index < -0.39 is 10.8 Å². The summed E-state index contributed by atoms with van der Waals surface area (Å²) in [6, 6.07) is 17.2. The van der Waals surface area contributed by atoms with Crippen LogP contribution in [0.2, 0.25) is 0 Å². The molecule has 4 heteroatoms. The molecule has 3 nitrogen and oxygen atoms in total. The second-order valence-corrected chi connectivity index (χ2v) is 6.90. The van der Waals surface area contributed by atoms with E-state index in [9.17, 15) is 9.00 Å². The Balaban J connectivity index is 1.82. The molecule has 0 aliphatic carbocycles. The van der Waals surface area contributed by atoms with Gasteiger partial charge in [-0.05, 0) is 48.6 Å². The quantitative estimate of drug-likeness (QED) is 0.804. The van der Waals surface area contributed by atoms with E-state index in [2.05, 4.69) is 4.98 Å². The standard InChI is InChI=1S/C18H17NO2S/c1-13-7-8-14-12-15(18(20)19-17(14)11-13)9-10-22(21)16-5-3-2-4-6-16/h2-8,11-12H,9-10H2,1H3,(H,19,20). The largest absolute Gasteiger partial charge is 0.322 e. The van der Waals surface area contributed by atoms with Crippen molar-refractivity contribution in [1.82, 2.24) is 4.98 Å². The number of hydrogen-bond donors (Lipinski definition) is 1. The van der Waals surface area contributed by atoms with Crippen molar-refractivity contribution in [3.05, 3.63) is 76.1 Å². The van der Waals surface area contributed by atoms with Crippen LogP contribution in [0.1, 0.15) is 11.1 Å². The zero-order valence-electron chi connectivity index (χ0n) is 12.3. The second-order valence-electron chi connectivity index (χ2n) is 5.33. The lowest BCUT2D eigenvalue weighted by Gasteiger charge is -2.05. The summed E-state index contributed by atoms with van der Waals surface area (Å²) >= 11 is 0. The van der Waals surface area contributed by atoms with E-state index in [1.807, 2.05) is 61.5 Å². The maximum absolute atomic E-state index is 12.2. The topological polar surface area (TPSA) is 49.9 Å². The van der Waals surface area contributed by atoms with E-state index in [1.54, 1.807) is 0 Å². The first kappa shape index (κ1) is 14.7. The van der Waals surface area contributed by atoms with Crippen LogP contribution in [0.4, 0.5) is 0 Å². The van der Waals surface area contributed by atoms with E-state index in [1.165, 1.54) is 0 Å². The number of fused-ring (bicyclic) bond motifs is 1. The molecule has 0 fully saturated rings. The van der Waals surface area contributed by atoms with Crippen molar-refractivity contribution in [3.8, 4) is 0 Å². The van der Waals surface area contributed by atoms with Crippen LogP contribution in [0.3, 0.4) is 0 Å². The van der Waals surface area contributed by atoms with Gasteiger partial charge in [-0.2, -0.15) is 0 Å². The Hall–Kier alpha value is -2.20. The number of benzene rings is 2. The molecule has 0 amide bonds. The molecule has 1 unspecified atom stereocenters. The Morgan fingerprint density at radius 1 is 1.05 bits per heavy atom. The lowest BCUT2D eigenvalue weighted by Crippen LogP contribution is -2.15. The van der Waals surface area contributed by atoms with Gasteiger partial charge in [-0.25, -0.2) is 0 Å². The highest BCUT2D eigenvalue weighted by Crippen LogP contribution is 2.14. The molecule has 3 aromatic rings. The van der Waals surface area contributed by atoms with Gasteiger partial charge in [0, 0.05) is 21.7 Å². The lowest BCUT2D eigenvalue weighted by molar-refractivity contribution is 0.682. The predicted octanol–water partition coefficient (Wildman–Crippen LogP) is 3.19. The van der Waals surface area contributed by atoms with Crippen LogP contribution in [-0.2, 0) is 17.2 Å². The molecule has 112 valence electrons. The van der Waals surface area contributed by atoms with Gasteiger partial charge in [0.15, 0.2) is 0 Å². The second kappa shape index (κ2) is 6.28. The molecule has 3 rings (SSSR count). The molecule has 0 aliphatic rings. The van der Waals surface area contributed by atoms with Crippen LogP contribution in [0, 0.1) is 6.92 Å². The molecule has 22 heavy (non-hydrogen) atoms. The first-order chi connectivity index (χ1) is 10.6. The molecule has 0 aliphatic heterocycles. The molecule has 1 heterocycles. The molecule has 2 aromatic carbocycles. The van der Waals surface area contributed by atoms with E-state index in [4.69, 9.17) is 0 Å². The fourth-order valence-corrected chi connectivity index (χ4v) is 3.54. The Kier molecular flexibility index (Phi) is 4.20. The van der Waals surface area contributed by atoms with Crippen molar-refractivity contribution in [1.29, 1.82) is 0 Å². The van der Waals surface area contributed by atoms with E-state index >= 15 is 0 Å². The van der Waals surface area contributed by atoms with Crippen molar-refractivity contribution in [2.24, 2.45) is 0 Å². The van der Waals surface area contributed by atoms with Gasteiger partial charge in [0.1, 0.15) is 0 Å². The smallest absolute Gasteiger partial charge is 0.251 e. The number of H-pyrrole nitrogens is 1.